The van der Waals surface area contributed by atoms with E-state index in [9.17, 15) is 0 Å². The Hall–Kier alpha value is -2.38. The Kier molecular flexibility index (Phi) is 4.49. The van der Waals surface area contributed by atoms with E-state index in [1.54, 1.807) is 19.4 Å². The summed E-state index contributed by atoms with van der Waals surface area (Å²) in [4.78, 5) is 4.04. The van der Waals surface area contributed by atoms with Gasteiger partial charge >= 0.3 is 0 Å². The summed E-state index contributed by atoms with van der Waals surface area (Å²) in [5, 5.41) is 12.1. The number of aromatic nitrogens is 1. The van der Waals surface area contributed by atoms with Crippen molar-refractivity contribution in [3.63, 3.8) is 0 Å². The summed E-state index contributed by atoms with van der Waals surface area (Å²) in [5.74, 6) is 0. The summed E-state index contributed by atoms with van der Waals surface area (Å²) in [7, 11) is 1.68. The summed E-state index contributed by atoms with van der Waals surface area (Å²) in [5.41, 5.74) is 2.42. The highest BCUT2D eigenvalue weighted by molar-refractivity contribution is 5.45. The Bertz CT molecular complexity index is 546. The fourth-order valence-corrected chi connectivity index (χ4v) is 1.82. The summed E-state index contributed by atoms with van der Waals surface area (Å²) >= 11 is 0. The van der Waals surface area contributed by atoms with Crippen LogP contribution in [0.2, 0.25) is 0 Å². The van der Waals surface area contributed by atoms with E-state index in [0.717, 1.165) is 11.3 Å². The van der Waals surface area contributed by atoms with Gasteiger partial charge in [0.1, 0.15) is 11.8 Å². The van der Waals surface area contributed by atoms with E-state index in [4.69, 9.17) is 10.00 Å². The van der Waals surface area contributed by atoms with Crippen molar-refractivity contribution < 1.29 is 4.74 Å². The molecule has 1 atom stereocenters. The quantitative estimate of drug-likeness (QED) is 0.890. The minimum absolute atomic E-state index is 0.0564. The Morgan fingerprint density at radius 3 is 2.63 bits per heavy atom. The van der Waals surface area contributed by atoms with Gasteiger partial charge in [0.15, 0.2) is 0 Å². The van der Waals surface area contributed by atoms with Crippen LogP contribution >= 0.6 is 0 Å². The number of anilines is 1. The summed E-state index contributed by atoms with van der Waals surface area (Å²) in [6.07, 6.45) is 1.66. The van der Waals surface area contributed by atoms with Crippen LogP contribution in [-0.2, 0) is 4.74 Å². The second kappa shape index (κ2) is 6.53. The smallest absolute Gasteiger partial charge is 0.140 e. The number of hydrogen-bond acceptors (Lipinski definition) is 4. The minimum Gasteiger partial charge on any atom is -0.382 e. The predicted molar refractivity (Wildman–Crippen MR) is 73.6 cm³/mol. The highest BCUT2D eigenvalue weighted by Crippen LogP contribution is 2.19. The molecular weight excluding hydrogens is 238 g/mol. The van der Waals surface area contributed by atoms with Gasteiger partial charge in [-0.15, -0.1) is 0 Å². The normalized spacial score (nSPS) is 11.6. The molecule has 0 aliphatic heterocycles. The fourth-order valence-electron chi connectivity index (χ4n) is 1.82. The highest BCUT2D eigenvalue weighted by atomic mass is 16.5. The first kappa shape index (κ1) is 13.1. The van der Waals surface area contributed by atoms with E-state index in [1.807, 2.05) is 42.5 Å². The van der Waals surface area contributed by atoms with Crippen LogP contribution in [0.3, 0.4) is 0 Å². The van der Waals surface area contributed by atoms with Gasteiger partial charge in [0, 0.05) is 7.11 Å². The van der Waals surface area contributed by atoms with Crippen molar-refractivity contribution in [3.05, 3.63) is 59.9 Å². The van der Waals surface area contributed by atoms with E-state index in [0.29, 0.717) is 12.3 Å². The zero-order chi connectivity index (χ0) is 13.5. The zero-order valence-corrected chi connectivity index (χ0v) is 10.7. The summed E-state index contributed by atoms with van der Waals surface area (Å²) < 4.78 is 5.24. The third-order valence-corrected chi connectivity index (χ3v) is 2.75. The SMILES string of the molecule is COCC(Nc1ccc(C#N)nc1)c1ccccc1. The highest BCUT2D eigenvalue weighted by Gasteiger charge is 2.10. The molecule has 2 rings (SSSR count). The van der Waals surface area contributed by atoms with Crippen LogP contribution in [-0.4, -0.2) is 18.7 Å². The van der Waals surface area contributed by atoms with Crippen LogP contribution in [0.15, 0.2) is 48.7 Å². The largest absolute Gasteiger partial charge is 0.382 e. The molecule has 1 aromatic heterocycles. The number of ether oxygens (including phenoxy) is 1. The number of nitrogens with zero attached hydrogens (tertiary/aromatic N) is 2. The Labute approximate surface area is 112 Å². The maximum atomic E-state index is 8.72. The van der Waals surface area contributed by atoms with E-state index in [1.165, 1.54) is 0 Å². The molecule has 0 saturated carbocycles. The van der Waals surface area contributed by atoms with E-state index >= 15 is 0 Å². The van der Waals surface area contributed by atoms with Crippen LogP contribution < -0.4 is 5.32 Å². The number of rotatable bonds is 5. The third kappa shape index (κ3) is 3.54. The van der Waals surface area contributed by atoms with Crippen LogP contribution in [0, 0.1) is 11.3 Å². The van der Waals surface area contributed by atoms with Gasteiger partial charge in [-0.2, -0.15) is 5.26 Å². The van der Waals surface area contributed by atoms with Crippen molar-refractivity contribution in [1.29, 1.82) is 5.26 Å². The summed E-state index contributed by atoms with van der Waals surface area (Å²) in [6.45, 7) is 0.560. The lowest BCUT2D eigenvalue weighted by atomic mass is 10.1. The lowest BCUT2D eigenvalue weighted by Crippen LogP contribution is -2.16. The average molecular weight is 253 g/mol. The Morgan fingerprint density at radius 1 is 1.26 bits per heavy atom. The van der Waals surface area contributed by atoms with E-state index in [2.05, 4.69) is 10.3 Å². The molecule has 0 aliphatic carbocycles. The first-order valence-electron chi connectivity index (χ1n) is 6.00. The van der Waals surface area contributed by atoms with E-state index < -0.39 is 0 Å². The lowest BCUT2D eigenvalue weighted by molar-refractivity contribution is 0.186. The number of nitrogens with one attached hydrogen (secondary N) is 1. The van der Waals surface area contributed by atoms with Gasteiger partial charge < -0.3 is 10.1 Å². The lowest BCUT2D eigenvalue weighted by Gasteiger charge is -2.19. The van der Waals surface area contributed by atoms with Crippen molar-refractivity contribution in [2.75, 3.05) is 19.0 Å². The van der Waals surface area contributed by atoms with Crippen molar-refractivity contribution in [3.8, 4) is 6.07 Å². The van der Waals surface area contributed by atoms with Gasteiger partial charge in [-0.3, -0.25) is 0 Å². The first-order chi connectivity index (χ1) is 9.33. The van der Waals surface area contributed by atoms with Crippen molar-refractivity contribution >= 4 is 5.69 Å². The van der Waals surface area contributed by atoms with E-state index in [-0.39, 0.29) is 6.04 Å². The average Bonchev–Trinajstić information content (AvgIpc) is 2.48. The predicted octanol–water partition coefficient (Wildman–Crippen LogP) is 2.75. The zero-order valence-electron chi connectivity index (χ0n) is 10.7. The molecule has 96 valence electrons. The van der Waals surface area contributed by atoms with Gasteiger partial charge in [-0.05, 0) is 17.7 Å². The van der Waals surface area contributed by atoms with Gasteiger partial charge in [0.2, 0.25) is 0 Å². The molecule has 0 spiro atoms. The van der Waals surface area contributed by atoms with Crippen molar-refractivity contribution in [2.45, 2.75) is 6.04 Å². The maximum absolute atomic E-state index is 8.72. The molecule has 19 heavy (non-hydrogen) atoms. The molecule has 0 amide bonds. The molecule has 1 N–H and O–H groups in total. The monoisotopic (exact) mass is 253 g/mol. The first-order valence-corrected chi connectivity index (χ1v) is 6.00. The minimum atomic E-state index is 0.0564. The molecule has 4 nitrogen and oxygen atoms in total. The second-order valence-electron chi connectivity index (χ2n) is 4.11. The molecule has 4 heteroatoms. The molecule has 1 unspecified atom stereocenters. The van der Waals surface area contributed by atoms with Gasteiger partial charge in [0.05, 0.1) is 24.5 Å². The number of benzene rings is 1. The topological polar surface area (TPSA) is 57.9 Å². The van der Waals surface area contributed by atoms with Crippen LogP contribution in [0.1, 0.15) is 17.3 Å². The molecule has 2 aromatic rings. The Balaban J connectivity index is 2.14. The fraction of sp³-hybridized carbons (Fsp3) is 0.200. The molecule has 1 heterocycles. The number of hydrogen-bond donors (Lipinski definition) is 1. The number of methoxy groups -OCH3 is 1. The van der Waals surface area contributed by atoms with Crippen LogP contribution in [0.25, 0.3) is 0 Å². The van der Waals surface area contributed by atoms with Gasteiger partial charge in [-0.25, -0.2) is 4.98 Å². The van der Waals surface area contributed by atoms with Gasteiger partial charge in [0.25, 0.3) is 0 Å². The molecular formula is C15H15N3O. The van der Waals surface area contributed by atoms with Gasteiger partial charge in [-0.1, -0.05) is 30.3 Å². The third-order valence-electron chi connectivity index (χ3n) is 2.75. The second-order valence-corrected chi connectivity index (χ2v) is 4.11. The molecule has 0 fully saturated rings. The molecule has 0 aliphatic rings. The number of pyridine rings is 1. The number of nitriles is 1. The molecule has 0 saturated heterocycles. The molecule has 0 bridgehead atoms. The molecule has 0 radical (unpaired) electrons. The Morgan fingerprint density at radius 2 is 2.05 bits per heavy atom. The van der Waals surface area contributed by atoms with Crippen LogP contribution in [0.4, 0.5) is 5.69 Å². The maximum Gasteiger partial charge on any atom is 0.140 e. The van der Waals surface area contributed by atoms with Crippen molar-refractivity contribution in [1.82, 2.24) is 4.98 Å². The van der Waals surface area contributed by atoms with Crippen LogP contribution in [0.5, 0.6) is 0 Å². The standard InChI is InChI=1S/C15H15N3O/c1-19-11-15(12-5-3-2-4-6-12)18-14-8-7-13(9-16)17-10-14/h2-8,10,15,18H,11H2,1H3. The summed E-state index contributed by atoms with van der Waals surface area (Å²) in [6, 6.07) is 15.7. The van der Waals surface area contributed by atoms with Crippen molar-refractivity contribution in [2.24, 2.45) is 0 Å². The molecule has 1 aromatic carbocycles.